The lowest BCUT2D eigenvalue weighted by molar-refractivity contribution is 0.589. The molecule has 2 nitrogen and oxygen atoms in total. The van der Waals surface area contributed by atoms with E-state index < -0.39 is 0 Å². The Hall–Kier alpha value is -0.960. The number of rotatable bonds is 4. The minimum Gasteiger partial charge on any atom is -0.325 e. The molecule has 0 atom stereocenters. The van der Waals surface area contributed by atoms with Gasteiger partial charge in [-0.05, 0) is 43.7 Å². The summed E-state index contributed by atoms with van der Waals surface area (Å²) in [4.78, 5) is 4.75. The summed E-state index contributed by atoms with van der Waals surface area (Å²) in [5.74, 6) is 2.00. The number of thiol groups is 1. The molecule has 0 unspecified atom stereocenters. The molecule has 2 aromatic rings. The van der Waals surface area contributed by atoms with E-state index in [0.29, 0.717) is 6.04 Å². The molecule has 0 aliphatic heterocycles. The summed E-state index contributed by atoms with van der Waals surface area (Å²) < 4.78 is 2.32. The average molecular weight is 248 g/mol. The van der Waals surface area contributed by atoms with E-state index in [1.165, 1.54) is 11.1 Å². The third kappa shape index (κ3) is 2.34. The Bertz CT molecular complexity index is 514. The summed E-state index contributed by atoms with van der Waals surface area (Å²) in [7, 11) is 0. The number of imidazole rings is 1. The molecule has 0 fully saturated rings. The van der Waals surface area contributed by atoms with Crippen molar-refractivity contribution >= 4 is 23.7 Å². The molecular formula is C14H20N2S. The second kappa shape index (κ2) is 5.13. The summed E-state index contributed by atoms with van der Waals surface area (Å²) in [6.07, 6.45) is 1.99. The second-order valence-corrected chi connectivity index (χ2v) is 5.09. The van der Waals surface area contributed by atoms with Crippen molar-refractivity contribution in [2.75, 3.05) is 5.75 Å². The van der Waals surface area contributed by atoms with Gasteiger partial charge in [0.15, 0.2) is 0 Å². The number of fused-ring (bicyclic) bond motifs is 1. The van der Waals surface area contributed by atoms with Crippen molar-refractivity contribution in [1.29, 1.82) is 0 Å². The van der Waals surface area contributed by atoms with Gasteiger partial charge in [-0.3, -0.25) is 0 Å². The zero-order valence-corrected chi connectivity index (χ0v) is 11.7. The first-order valence-corrected chi connectivity index (χ1v) is 6.91. The lowest BCUT2D eigenvalue weighted by Crippen LogP contribution is -2.06. The largest absolute Gasteiger partial charge is 0.325 e. The van der Waals surface area contributed by atoms with Crippen molar-refractivity contribution < 1.29 is 0 Å². The first-order chi connectivity index (χ1) is 8.17. The fraction of sp³-hybridized carbons (Fsp3) is 0.500. The van der Waals surface area contributed by atoms with Crippen LogP contribution in [0.4, 0.5) is 0 Å². The summed E-state index contributed by atoms with van der Waals surface area (Å²) in [6.45, 7) is 6.59. The van der Waals surface area contributed by atoms with E-state index in [1.807, 2.05) is 0 Å². The van der Waals surface area contributed by atoms with Gasteiger partial charge in [0.25, 0.3) is 0 Å². The molecule has 0 saturated heterocycles. The summed E-state index contributed by atoms with van der Waals surface area (Å²) in [6, 6.07) is 7.05. The maximum atomic E-state index is 4.75. The number of hydrogen-bond acceptors (Lipinski definition) is 2. The van der Waals surface area contributed by atoms with Gasteiger partial charge in [-0.15, -0.1) is 0 Å². The molecule has 0 N–H and O–H groups in total. The minimum absolute atomic E-state index is 0.447. The Balaban J connectivity index is 2.61. The Morgan fingerprint density at radius 3 is 2.71 bits per heavy atom. The number of nitrogens with zero attached hydrogens (tertiary/aromatic N) is 2. The first-order valence-electron chi connectivity index (χ1n) is 6.28. The SMILES string of the molecule is CCc1ccc2c(c1)nc(CCS)n2C(C)C. The molecule has 0 radical (unpaired) electrons. The molecule has 3 heteroatoms. The van der Waals surface area contributed by atoms with Crippen LogP contribution >= 0.6 is 12.6 Å². The molecule has 1 heterocycles. The topological polar surface area (TPSA) is 17.8 Å². The zero-order chi connectivity index (χ0) is 12.4. The van der Waals surface area contributed by atoms with Gasteiger partial charge >= 0.3 is 0 Å². The molecule has 1 aromatic carbocycles. The Labute approximate surface area is 108 Å². The van der Waals surface area contributed by atoms with Gasteiger partial charge in [0, 0.05) is 12.5 Å². The molecule has 0 bridgehead atoms. The van der Waals surface area contributed by atoms with E-state index in [0.717, 1.165) is 29.9 Å². The van der Waals surface area contributed by atoms with Gasteiger partial charge in [-0.2, -0.15) is 12.6 Å². The van der Waals surface area contributed by atoms with E-state index in [-0.39, 0.29) is 0 Å². The van der Waals surface area contributed by atoms with Crippen LogP contribution in [0.5, 0.6) is 0 Å². The molecule has 2 rings (SSSR count). The molecule has 0 aliphatic rings. The van der Waals surface area contributed by atoms with E-state index in [1.54, 1.807) is 0 Å². The third-order valence-electron chi connectivity index (χ3n) is 3.09. The summed E-state index contributed by atoms with van der Waals surface area (Å²) >= 11 is 4.31. The highest BCUT2D eigenvalue weighted by Gasteiger charge is 2.12. The van der Waals surface area contributed by atoms with E-state index >= 15 is 0 Å². The van der Waals surface area contributed by atoms with Crippen molar-refractivity contribution in [2.24, 2.45) is 0 Å². The van der Waals surface area contributed by atoms with Crippen molar-refractivity contribution in [3.63, 3.8) is 0 Å². The molecule has 1 aromatic heterocycles. The summed E-state index contributed by atoms with van der Waals surface area (Å²) in [5, 5.41) is 0. The third-order valence-corrected chi connectivity index (χ3v) is 3.31. The fourth-order valence-corrected chi connectivity index (χ4v) is 2.47. The van der Waals surface area contributed by atoms with Crippen molar-refractivity contribution in [2.45, 2.75) is 39.7 Å². The molecule has 0 spiro atoms. The predicted molar refractivity (Wildman–Crippen MR) is 77.1 cm³/mol. The lowest BCUT2D eigenvalue weighted by Gasteiger charge is -2.12. The van der Waals surface area contributed by atoms with Crippen LogP contribution < -0.4 is 0 Å². The number of aromatic nitrogens is 2. The first kappa shape index (κ1) is 12.5. The van der Waals surface area contributed by atoms with Crippen molar-refractivity contribution in [1.82, 2.24) is 9.55 Å². The summed E-state index contributed by atoms with van der Waals surface area (Å²) in [5.41, 5.74) is 3.71. The van der Waals surface area contributed by atoms with Crippen LogP contribution in [0.1, 0.15) is 38.2 Å². The molecule has 0 saturated carbocycles. The quantitative estimate of drug-likeness (QED) is 0.818. The molecule has 17 heavy (non-hydrogen) atoms. The highest BCUT2D eigenvalue weighted by molar-refractivity contribution is 7.80. The second-order valence-electron chi connectivity index (χ2n) is 4.64. The van der Waals surface area contributed by atoms with Crippen LogP contribution in [0.3, 0.4) is 0 Å². The Morgan fingerprint density at radius 1 is 1.35 bits per heavy atom. The average Bonchev–Trinajstić information content (AvgIpc) is 2.66. The Kier molecular flexibility index (Phi) is 3.77. The van der Waals surface area contributed by atoms with E-state index in [4.69, 9.17) is 4.98 Å². The fourth-order valence-electron chi connectivity index (χ4n) is 2.27. The standard InChI is InChI=1S/C14H20N2S/c1-4-11-5-6-13-12(9-11)15-14(7-8-17)16(13)10(2)3/h5-6,9-10,17H,4,7-8H2,1-3H3. The van der Waals surface area contributed by atoms with Gasteiger partial charge in [-0.25, -0.2) is 4.98 Å². The van der Waals surface area contributed by atoms with Crippen LogP contribution in [0.25, 0.3) is 11.0 Å². The van der Waals surface area contributed by atoms with Gasteiger partial charge in [0.05, 0.1) is 11.0 Å². The smallest absolute Gasteiger partial charge is 0.110 e. The van der Waals surface area contributed by atoms with Crippen LogP contribution in [-0.2, 0) is 12.8 Å². The number of hydrogen-bond donors (Lipinski definition) is 1. The highest BCUT2D eigenvalue weighted by Crippen LogP contribution is 2.23. The van der Waals surface area contributed by atoms with Crippen LogP contribution in [0.15, 0.2) is 18.2 Å². The van der Waals surface area contributed by atoms with Crippen LogP contribution in [0, 0.1) is 0 Å². The number of benzene rings is 1. The van der Waals surface area contributed by atoms with Crippen LogP contribution in [0.2, 0.25) is 0 Å². The molecule has 92 valence electrons. The monoisotopic (exact) mass is 248 g/mol. The number of aryl methyl sites for hydroxylation is 2. The maximum Gasteiger partial charge on any atom is 0.110 e. The van der Waals surface area contributed by atoms with Gasteiger partial charge < -0.3 is 4.57 Å². The van der Waals surface area contributed by atoms with Gasteiger partial charge in [0.2, 0.25) is 0 Å². The minimum atomic E-state index is 0.447. The normalized spacial score (nSPS) is 11.6. The molecule has 0 aliphatic carbocycles. The van der Waals surface area contributed by atoms with Gasteiger partial charge in [0.1, 0.15) is 5.82 Å². The zero-order valence-electron chi connectivity index (χ0n) is 10.8. The van der Waals surface area contributed by atoms with Crippen LogP contribution in [-0.4, -0.2) is 15.3 Å². The molecular weight excluding hydrogens is 228 g/mol. The predicted octanol–water partition coefficient (Wildman–Crippen LogP) is 3.65. The highest BCUT2D eigenvalue weighted by atomic mass is 32.1. The lowest BCUT2D eigenvalue weighted by atomic mass is 10.1. The van der Waals surface area contributed by atoms with Gasteiger partial charge in [-0.1, -0.05) is 13.0 Å². The van der Waals surface area contributed by atoms with Crippen molar-refractivity contribution in [3.05, 3.63) is 29.6 Å². The Morgan fingerprint density at radius 2 is 2.12 bits per heavy atom. The van der Waals surface area contributed by atoms with E-state index in [9.17, 15) is 0 Å². The van der Waals surface area contributed by atoms with E-state index in [2.05, 4.69) is 56.2 Å². The molecule has 0 amide bonds. The maximum absolute atomic E-state index is 4.75. The van der Waals surface area contributed by atoms with Crippen molar-refractivity contribution in [3.8, 4) is 0 Å².